The summed E-state index contributed by atoms with van der Waals surface area (Å²) in [6, 6.07) is 1.92. The Morgan fingerprint density at radius 1 is 1.56 bits per heavy atom. The fourth-order valence-corrected chi connectivity index (χ4v) is 2.61. The first-order chi connectivity index (χ1) is 7.65. The van der Waals surface area contributed by atoms with Gasteiger partial charge in [0, 0.05) is 12.5 Å². The van der Waals surface area contributed by atoms with E-state index >= 15 is 0 Å². The molecule has 0 aliphatic carbocycles. The Morgan fingerprint density at radius 3 is 2.88 bits per heavy atom. The summed E-state index contributed by atoms with van der Waals surface area (Å²) >= 11 is 3.35. The smallest absolute Gasteiger partial charge is 0.169 e. The molecule has 1 N–H and O–H groups in total. The van der Waals surface area contributed by atoms with Gasteiger partial charge in [-0.1, -0.05) is 6.07 Å². The number of nitrogens with one attached hydrogen (secondary N) is 1. The predicted molar refractivity (Wildman–Crippen MR) is 65.6 cm³/mol. The number of benzene rings is 1. The van der Waals surface area contributed by atoms with Gasteiger partial charge in [-0.15, -0.1) is 0 Å². The van der Waals surface area contributed by atoms with Gasteiger partial charge in [0.15, 0.2) is 11.6 Å². The Balaban J connectivity index is 2.49. The Bertz CT molecular complexity index is 402. The van der Waals surface area contributed by atoms with Crippen molar-refractivity contribution >= 4 is 15.9 Å². The average Bonchev–Trinajstić information content (AvgIpc) is 2.77. The van der Waals surface area contributed by atoms with Crippen LogP contribution in [0.15, 0.2) is 10.5 Å². The van der Waals surface area contributed by atoms with E-state index in [1.165, 1.54) is 7.11 Å². The Kier molecular flexibility index (Phi) is 3.50. The van der Waals surface area contributed by atoms with E-state index < -0.39 is 0 Å². The lowest BCUT2D eigenvalue weighted by Crippen LogP contribution is -2.10. The molecule has 1 atom stereocenters. The highest BCUT2D eigenvalue weighted by atomic mass is 79.9. The van der Waals surface area contributed by atoms with E-state index in [4.69, 9.17) is 4.74 Å². The summed E-state index contributed by atoms with van der Waals surface area (Å²) in [6.45, 7) is 3.76. The van der Waals surface area contributed by atoms with Gasteiger partial charge >= 0.3 is 0 Å². The summed E-state index contributed by atoms with van der Waals surface area (Å²) < 4.78 is 20.0. The van der Waals surface area contributed by atoms with Crippen LogP contribution in [0.25, 0.3) is 0 Å². The van der Waals surface area contributed by atoms with Gasteiger partial charge in [0.2, 0.25) is 0 Å². The maximum Gasteiger partial charge on any atom is 0.169 e. The van der Waals surface area contributed by atoms with Crippen LogP contribution in [0.1, 0.15) is 23.5 Å². The fraction of sp³-hybridized carbons (Fsp3) is 0.500. The van der Waals surface area contributed by atoms with E-state index in [1.54, 1.807) is 0 Å². The standard InChI is InChI=1S/C12H15BrFNO/c1-7-5-9(8-3-4-15-6-8)11(14)12(16-2)10(7)13/h5,8,15H,3-4,6H2,1-2H3. The minimum Gasteiger partial charge on any atom is -0.492 e. The van der Waals surface area contributed by atoms with Crippen LogP contribution in [0.3, 0.4) is 0 Å². The van der Waals surface area contributed by atoms with Crippen LogP contribution in [0.5, 0.6) is 5.75 Å². The molecule has 2 nitrogen and oxygen atoms in total. The van der Waals surface area contributed by atoms with Gasteiger partial charge in [0.1, 0.15) is 0 Å². The van der Waals surface area contributed by atoms with Gasteiger partial charge in [-0.3, -0.25) is 0 Å². The Hall–Kier alpha value is -0.610. The molecule has 1 saturated heterocycles. The zero-order chi connectivity index (χ0) is 11.7. The maximum atomic E-state index is 14.2. The van der Waals surface area contributed by atoms with Crippen LogP contribution < -0.4 is 10.1 Å². The Morgan fingerprint density at radius 2 is 2.31 bits per heavy atom. The first-order valence-electron chi connectivity index (χ1n) is 5.38. The second-order valence-corrected chi connectivity index (χ2v) is 4.93. The summed E-state index contributed by atoms with van der Waals surface area (Å²) in [4.78, 5) is 0. The second kappa shape index (κ2) is 4.72. The molecular weight excluding hydrogens is 273 g/mol. The van der Waals surface area contributed by atoms with E-state index in [2.05, 4.69) is 21.2 Å². The van der Waals surface area contributed by atoms with Gasteiger partial charge < -0.3 is 10.1 Å². The summed E-state index contributed by atoms with van der Waals surface area (Å²) in [5, 5.41) is 3.25. The highest BCUT2D eigenvalue weighted by Crippen LogP contribution is 2.37. The molecular formula is C12H15BrFNO. The predicted octanol–water partition coefficient (Wildman–Crippen LogP) is 2.98. The normalized spacial score (nSPS) is 20.1. The lowest BCUT2D eigenvalue weighted by molar-refractivity contribution is 0.379. The molecule has 1 aliphatic heterocycles. The van der Waals surface area contributed by atoms with Crippen LogP contribution in [-0.2, 0) is 0 Å². The van der Waals surface area contributed by atoms with E-state index in [1.807, 2.05) is 13.0 Å². The molecule has 4 heteroatoms. The van der Waals surface area contributed by atoms with Crippen molar-refractivity contribution in [3.63, 3.8) is 0 Å². The third kappa shape index (κ3) is 1.96. The molecule has 1 fully saturated rings. The molecule has 0 bridgehead atoms. The van der Waals surface area contributed by atoms with Gasteiger partial charge in [-0.25, -0.2) is 4.39 Å². The van der Waals surface area contributed by atoms with Crippen molar-refractivity contribution in [2.24, 2.45) is 0 Å². The van der Waals surface area contributed by atoms with Crippen LogP contribution in [0, 0.1) is 12.7 Å². The molecule has 0 saturated carbocycles. The number of methoxy groups -OCH3 is 1. The zero-order valence-corrected chi connectivity index (χ0v) is 11.0. The number of rotatable bonds is 2. The van der Waals surface area contributed by atoms with Crippen molar-refractivity contribution in [1.29, 1.82) is 0 Å². The molecule has 0 spiro atoms. The molecule has 1 aromatic rings. The van der Waals surface area contributed by atoms with Crippen molar-refractivity contribution < 1.29 is 9.13 Å². The summed E-state index contributed by atoms with van der Waals surface area (Å²) in [5.74, 6) is 0.358. The number of aryl methyl sites for hydroxylation is 1. The van der Waals surface area contributed by atoms with Crippen LogP contribution in [0.4, 0.5) is 4.39 Å². The molecule has 88 valence electrons. The van der Waals surface area contributed by atoms with Gasteiger partial charge in [-0.2, -0.15) is 0 Å². The molecule has 2 rings (SSSR count). The molecule has 0 aromatic heterocycles. The monoisotopic (exact) mass is 287 g/mol. The molecule has 1 aliphatic rings. The maximum absolute atomic E-state index is 14.2. The van der Waals surface area contributed by atoms with Gasteiger partial charge in [0.25, 0.3) is 0 Å². The molecule has 0 amide bonds. The van der Waals surface area contributed by atoms with E-state index in [9.17, 15) is 4.39 Å². The topological polar surface area (TPSA) is 21.3 Å². The first-order valence-corrected chi connectivity index (χ1v) is 6.17. The largest absolute Gasteiger partial charge is 0.492 e. The van der Waals surface area contributed by atoms with Crippen LogP contribution in [-0.4, -0.2) is 20.2 Å². The molecule has 1 unspecified atom stereocenters. The van der Waals surface area contributed by atoms with Crippen molar-refractivity contribution in [2.75, 3.05) is 20.2 Å². The first kappa shape index (κ1) is 11.9. The molecule has 16 heavy (non-hydrogen) atoms. The fourth-order valence-electron chi connectivity index (χ4n) is 2.16. The summed E-state index contributed by atoms with van der Waals surface area (Å²) in [6.07, 6.45) is 0.987. The van der Waals surface area contributed by atoms with Gasteiger partial charge in [-0.05, 0) is 46.9 Å². The lowest BCUT2D eigenvalue weighted by Gasteiger charge is -2.15. The average molecular weight is 288 g/mol. The van der Waals surface area contributed by atoms with Crippen molar-refractivity contribution in [1.82, 2.24) is 5.32 Å². The number of halogens is 2. The molecule has 1 heterocycles. The van der Waals surface area contributed by atoms with Crippen molar-refractivity contribution in [2.45, 2.75) is 19.3 Å². The van der Waals surface area contributed by atoms with Crippen molar-refractivity contribution in [3.05, 3.63) is 27.5 Å². The van der Waals surface area contributed by atoms with Crippen LogP contribution >= 0.6 is 15.9 Å². The third-order valence-corrected chi connectivity index (χ3v) is 4.06. The number of hydrogen-bond donors (Lipinski definition) is 1. The molecule has 1 aromatic carbocycles. The second-order valence-electron chi connectivity index (χ2n) is 4.13. The van der Waals surface area contributed by atoms with Crippen LogP contribution in [0.2, 0.25) is 0 Å². The zero-order valence-electron chi connectivity index (χ0n) is 9.44. The third-order valence-electron chi connectivity index (χ3n) is 3.07. The highest BCUT2D eigenvalue weighted by molar-refractivity contribution is 9.10. The number of hydrogen-bond acceptors (Lipinski definition) is 2. The van der Waals surface area contributed by atoms with E-state index in [0.717, 1.165) is 30.6 Å². The lowest BCUT2D eigenvalue weighted by atomic mass is 9.96. The van der Waals surface area contributed by atoms with Crippen molar-refractivity contribution in [3.8, 4) is 5.75 Å². The molecule has 0 radical (unpaired) electrons. The highest BCUT2D eigenvalue weighted by Gasteiger charge is 2.24. The number of ether oxygens (including phenoxy) is 1. The minimum atomic E-state index is -0.228. The van der Waals surface area contributed by atoms with E-state index in [-0.39, 0.29) is 11.7 Å². The quantitative estimate of drug-likeness (QED) is 0.903. The summed E-state index contributed by atoms with van der Waals surface area (Å²) in [7, 11) is 1.50. The van der Waals surface area contributed by atoms with Gasteiger partial charge in [0.05, 0.1) is 11.6 Å². The Labute approximate surface area is 103 Å². The SMILES string of the molecule is COc1c(F)c(C2CCNC2)cc(C)c1Br. The van der Waals surface area contributed by atoms with E-state index in [0.29, 0.717) is 10.2 Å². The summed E-state index contributed by atoms with van der Waals surface area (Å²) in [5.41, 5.74) is 1.78. The minimum absolute atomic E-state index is 0.228.